The molecule has 3 heteroatoms. The molecule has 94 valence electrons. The molecule has 0 atom stereocenters. The number of rotatable bonds is 2. The second kappa shape index (κ2) is 4.69. The van der Waals surface area contributed by atoms with Crippen LogP contribution in [0.5, 0.6) is 0 Å². The summed E-state index contributed by atoms with van der Waals surface area (Å²) in [7, 11) is 0. The fraction of sp³-hybridized carbons (Fsp3) is 0.125. The standard InChI is InChI=1S/C16H14N2O/c1-12-6-8-13(9-7-12)11-17-18-15-5-3-2-4-14(15)10-16(18)19/h2-9,11H,10H2,1H3/b17-11+. The summed E-state index contributed by atoms with van der Waals surface area (Å²) in [6.07, 6.45) is 2.15. The number of carbonyl (C=O) groups is 1. The van der Waals surface area contributed by atoms with Crippen molar-refractivity contribution in [3.05, 3.63) is 65.2 Å². The molecule has 0 saturated heterocycles. The van der Waals surface area contributed by atoms with Crippen LogP contribution < -0.4 is 5.01 Å². The fourth-order valence-electron chi connectivity index (χ4n) is 2.14. The van der Waals surface area contributed by atoms with E-state index in [2.05, 4.69) is 5.10 Å². The predicted octanol–water partition coefficient (Wildman–Crippen LogP) is 2.92. The summed E-state index contributed by atoms with van der Waals surface area (Å²) in [6.45, 7) is 2.04. The molecule has 0 unspecified atom stereocenters. The van der Waals surface area contributed by atoms with Gasteiger partial charge >= 0.3 is 0 Å². The van der Waals surface area contributed by atoms with E-state index in [0.29, 0.717) is 6.42 Å². The lowest BCUT2D eigenvalue weighted by Gasteiger charge is -2.09. The van der Waals surface area contributed by atoms with E-state index in [0.717, 1.165) is 16.8 Å². The highest BCUT2D eigenvalue weighted by Crippen LogP contribution is 2.28. The Kier molecular flexibility index (Phi) is 2.88. The topological polar surface area (TPSA) is 32.7 Å². The van der Waals surface area contributed by atoms with E-state index in [9.17, 15) is 4.79 Å². The summed E-state index contributed by atoms with van der Waals surface area (Å²) < 4.78 is 0. The smallest absolute Gasteiger partial charge is 0.251 e. The van der Waals surface area contributed by atoms with Gasteiger partial charge in [-0.25, -0.2) is 5.01 Å². The first-order valence-electron chi connectivity index (χ1n) is 6.25. The Hall–Kier alpha value is -2.42. The van der Waals surface area contributed by atoms with Crippen molar-refractivity contribution in [2.24, 2.45) is 5.10 Å². The number of anilines is 1. The minimum atomic E-state index is 0.0181. The molecule has 0 bridgehead atoms. The molecule has 1 amide bonds. The maximum Gasteiger partial charge on any atom is 0.251 e. The number of aryl methyl sites for hydroxylation is 1. The molecule has 0 aliphatic carbocycles. The van der Waals surface area contributed by atoms with Crippen LogP contribution in [0.15, 0.2) is 53.6 Å². The van der Waals surface area contributed by atoms with E-state index in [1.165, 1.54) is 10.6 Å². The summed E-state index contributed by atoms with van der Waals surface area (Å²) in [5.74, 6) is 0.0181. The lowest BCUT2D eigenvalue weighted by atomic mass is 10.2. The van der Waals surface area contributed by atoms with Gasteiger partial charge in [0.1, 0.15) is 0 Å². The van der Waals surface area contributed by atoms with Crippen molar-refractivity contribution >= 4 is 17.8 Å². The predicted molar refractivity (Wildman–Crippen MR) is 76.4 cm³/mol. The van der Waals surface area contributed by atoms with Crippen LogP contribution in [-0.4, -0.2) is 12.1 Å². The van der Waals surface area contributed by atoms with Crippen LogP contribution in [0.3, 0.4) is 0 Å². The van der Waals surface area contributed by atoms with E-state index < -0.39 is 0 Å². The van der Waals surface area contributed by atoms with Crippen molar-refractivity contribution in [1.29, 1.82) is 0 Å². The van der Waals surface area contributed by atoms with E-state index in [1.807, 2.05) is 55.5 Å². The number of hydrogen-bond donors (Lipinski definition) is 0. The highest BCUT2D eigenvalue weighted by Gasteiger charge is 2.26. The third-order valence-corrected chi connectivity index (χ3v) is 3.20. The second-order valence-corrected chi connectivity index (χ2v) is 4.67. The third-order valence-electron chi connectivity index (χ3n) is 3.20. The van der Waals surface area contributed by atoms with Gasteiger partial charge in [-0.15, -0.1) is 0 Å². The monoisotopic (exact) mass is 250 g/mol. The zero-order valence-electron chi connectivity index (χ0n) is 10.7. The highest BCUT2D eigenvalue weighted by molar-refractivity contribution is 6.02. The average Bonchev–Trinajstić information content (AvgIpc) is 2.74. The van der Waals surface area contributed by atoms with Gasteiger partial charge in [0.15, 0.2) is 0 Å². The molecular weight excluding hydrogens is 236 g/mol. The van der Waals surface area contributed by atoms with Gasteiger partial charge in [-0.1, -0.05) is 48.0 Å². The minimum absolute atomic E-state index is 0.0181. The summed E-state index contributed by atoms with van der Waals surface area (Å²) in [5, 5.41) is 5.79. The number of benzene rings is 2. The Morgan fingerprint density at radius 1 is 1.11 bits per heavy atom. The van der Waals surface area contributed by atoms with Crippen molar-refractivity contribution in [2.75, 3.05) is 5.01 Å². The molecule has 0 saturated carbocycles. The molecule has 3 rings (SSSR count). The molecule has 0 radical (unpaired) electrons. The minimum Gasteiger partial charge on any atom is -0.272 e. The van der Waals surface area contributed by atoms with Gasteiger partial charge in [0.25, 0.3) is 5.91 Å². The van der Waals surface area contributed by atoms with Gasteiger partial charge in [-0.3, -0.25) is 4.79 Å². The van der Waals surface area contributed by atoms with Crippen molar-refractivity contribution in [2.45, 2.75) is 13.3 Å². The van der Waals surface area contributed by atoms with Gasteiger partial charge in [0.2, 0.25) is 0 Å². The molecule has 19 heavy (non-hydrogen) atoms. The Morgan fingerprint density at radius 3 is 2.63 bits per heavy atom. The first-order chi connectivity index (χ1) is 9.24. The van der Waals surface area contributed by atoms with Gasteiger partial charge < -0.3 is 0 Å². The summed E-state index contributed by atoms with van der Waals surface area (Å²) >= 11 is 0. The molecule has 0 aromatic heterocycles. The van der Waals surface area contributed by atoms with E-state index in [1.54, 1.807) is 6.21 Å². The number of hydrogen-bond acceptors (Lipinski definition) is 2. The van der Waals surface area contributed by atoms with Crippen LogP contribution in [0.1, 0.15) is 16.7 Å². The first-order valence-corrected chi connectivity index (χ1v) is 6.25. The summed E-state index contributed by atoms with van der Waals surface area (Å²) in [6, 6.07) is 15.8. The van der Waals surface area contributed by atoms with Crippen LogP contribution in [0, 0.1) is 6.92 Å². The van der Waals surface area contributed by atoms with Gasteiger partial charge in [0.05, 0.1) is 18.3 Å². The number of hydrazone groups is 1. The van der Waals surface area contributed by atoms with Crippen molar-refractivity contribution < 1.29 is 4.79 Å². The molecule has 1 aliphatic rings. The zero-order chi connectivity index (χ0) is 13.2. The van der Waals surface area contributed by atoms with Crippen molar-refractivity contribution in [3.63, 3.8) is 0 Å². The lowest BCUT2D eigenvalue weighted by Crippen LogP contribution is -2.20. The SMILES string of the molecule is Cc1ccc(/C=N/N2C(=O)Cc3ccccc32)cc1. The highest BCUT2D eigenvalue weighted by atomic mass is 16.2. The number of carbonyl (C=O) groups excluding carboxylic acids is 1. The number of nitrogens with zero attached hydrogens (tertiary/aromatic N) is 2. The van der Waals surface area contributed by atoms with Crippen LogP contribution in [0.2, 0.25) is 0 Å². The van der Waals surface area contributed by atoms with Crippen molar-refractivity contribution in [1.82, 2.24) is 0 Å². The quantitative estimate of drug-likeness (QED) is 0.754. The van der Waals surface area contributed by atoms with Crippen molar-refractivity contribution in [3.8, 4) is 0 Å². The van der Waals surface area contributed by atoms with Gasteiger partial charge in [0, 0.05) is 0 Å². The molecule has 0 N–H and O–H groups in total. The third kappa shape index (κ3) is 2.27. The molecule has 1 heterocycles. The van der Waals surface area contributed by atoms with Crippen LogP contribution >= 0.6 is 0 Å². The Labute approximate surface area is 112 Å². The number of para-hydroxylation sites is 1. The summed E-state index contributed by atoms with van der Waals surface area (Å²) in [4.78, 5) is 11.9. The summed E-state index contributed by atoms with van der Waals surface area (Å²) in [5.41, 5.74) is 4.12. The molecule has 2 aromatic rings. The van der Waals surface area contributed by atoms with E-state index >= 15 is 0 Å². The molecular formula is C16H14N2O. The first kappa shape index (κ1) is 11.7. The fourth-order valence-corrected chi connectivity index (χ4v) is 2.14. The maximum absolute atomic E-state index is 11.9. The van der Waals surface area contributed by atoms with Crippen LogP contribution in [0.4, 0.5) is 5.69 Å². The molecule has 0 spiro atoms. The Bertz CT molecular complexity index is 644. The Morgan fingerprint density at radius 2 is 1.84 bits per heavy atom. The molecule has 0 fully saturated rings. The molecule has 3 nitrogen and oxygen atoms in total. The van der Waals surface area contributed by atoms with Gasteiger partial charge in [-0.05, 0) is 24.1 Å². The zero-order valence-corrected chi connectivity index (χ0v) is 10.7. The Balaban J connectivity index is 1.87. The van der Waals surface area contributed by atoms with E-state index in [4.69, 9.17) is 0 Å². The average molecular weight is 250 g/mol. The molecule has 2 aromatic carbocycles. The number of amides is 1. The second-order valence-electron chi connectivity index (χ2n) is 4.67. The lowest BCUT2D eigenvalue weighted by molar-refractivity contribution is -0.117. The number of fused-ring (bicyclic) bond motifs is 1. The van der Waals surface area contributed by atoms with E-state index in [-0.39, 0.29) is 5.91 Å². The normalized spacial score (nSPS) is 14.2. The molecule has 1 aliphatic heterocycles. The van der Waals surface area contributed by atoms with Crippen LogP contribution in [0.25, 0.3) is 0 Å². The van der Waals surface area contributed by atoms with Crippen LogP contribution in [-0.2, 0) is 11.2 Å². The van der Waals surface area contributed by atoms with Gasteiger partial charge in [-0.2, -0.15) is 5.10 Å². The maximum atomic E-state index is 11.9. The largest absolute Gasteiger partial charge is 0.272 e.